The number of rotatable bonds is 10. The highest BCUT2D eigenvalue weighted by atomic mass is 79.9. The third kappa shape index (κ3) is 5.36. The standard InChI is InChI=1S/C17H25BrO3S/c18-10-3-1-2-4-11-21-12-5-6-15-7-8-16-9-13-22(19,20)17(16)14-15/h7-8,14H,1-6,9-13H2. The fraction of sp³-hybridized carbons (Fsp3) is 0.647. The summed E-state index contributed by atoms with van der Waals surface area (Å²) in [5, 5.41) is 1.09. The van der Waals surface area contributed by atoms with Crippen LogP contribution in [0.25, 0.3) is 0 Å². The largest absolute Gasteiger partial charge is 0.381 e. The lowest BCUT2D eigenvalue weighted by atomic mass is 10.1. The number of hydrogen-bond donors (Lipinski definition) is 0. The van der Waals surface area contributed by atoms with Gasteiger partial charge >= 0.3 is 0 Å². The molecular formula is C17H25BrO3S. The zero-order valence-corrected chi connectivity index (χ0v) is 15.4. The molecule has 1 aliphatic rings. The minimum Gasteiger partial charge on any atom is -0.381 e. The van der Waals surface area contributed by atoms with Crippen molar-refractivity contribution in [3.63, 3.8) is 0 Å². The van der Waals surface area contributed by atoms with Crippen molar-refractivity contribution in [2.45, 2.75) is 49.8 Å². The topological polar surface area (TPSA) is 43.4 Å². The zero-order chi connectivity index (χ0) is 15.8. The van der Waals surface area contributed by atoms with Gasteiger partial charge in [0, 0.05) is 18.5 Å². The monoisotopic (exact) mass is 388 g/mol. The molecule has 22 heavy (non-hydrogen) atoms. The molecule has 0 radical (unpaired) electrons. The van der Waals surface area contributed by atoms with Gasteiger partial charge in [-0.15, -0.1) is 0 Å². The van der Waals surface area contributed by atoms with Crippen LogP contribution in [0.3, 0.4) is 0 Å². The Kier molecular flexibility index (Phi) is 7.38. The van der Waals surface area contributed by atoms with E-state index in [2.05, 4.69) is 22.0 Å². The first-order valence-corrected chi connectivity index (χ1v) is 10.9. The van der Waals surface area contributed by atoms with Crippen LogP contribution in [0.1, 0.15) is 43.2 Å². The predicted molar refractivity (Wildman–Crippen MR) is 93.6 cm³/mol. The molecule has 3 nitrogen and oxygen atoms in total. The average molecular weight is 389 g/mol. The molecule has 0 saturated carbocycles. The van der Waals surface area contributed by atoms with Crippen molar-refractivity contribution < 1.29 is 13.2 Å². The van der Waals surface area contributed by atoms with E-state index < -0.39 is 9.84 Å². The number of unbranched alkanes of at least 4 members (excludes halogenated alkanes) is 3. The fourth-order valence-corrected chi connectivity index (χ4v) is 4.74. The van der Waals surface area contributed by atoms with E-state index in [0.29, 0.717) is 11.3 Å². The summed E-state index contributed by atoms with van der Waals surface area (Å²) >= 11 is 3.43. The molecule has 0 fully saturated rings. The summed E-state index contributed by atoms with van der Waals surface area (Å²) in [6.07, 6.45) is 7.35. The summed E-state index contributed by atoms with van der Waals surface area (Å²) in [4.78, 5) is 0.553. The van der Waals surface area contributed by atoms with Gasteiger partial charge in [0.15, 0.2) is 9.84 Å². The molecule has 0 amide bonds. The highest BCUT2D eigenvalue weighted by Gasteiger charge is 2.25. The molecule has 5 heteroatoms. The molecular weight excluding hydrogens is 364 g/mol. The lowest BCUT2D eigenvalue weighted by Crippen LogP contribution is -2.01. The van der Waals surface area contributed by atoms with E-state index in [-0.39, 0.29) is 5.75 Å². The molecule has 1 heterocycles. The number of fused-ring (bicyclic) bond motifs is 1. The van der Waals surface area contributed by atoms with Crippen LogP contribution < -0.4 is 0 Å². The molecule has 0 saturated heterocycles. The van der Waals surface area contributed by atoms with Crippen molar-refractivity contribution in [2.75, 3.05) is 24.3 Å². The van der Waals surface area contributed by atoms with Crippen molar-refractivity contribution in [3.8, 4) is 0 Å². The van der Waals surface area contributed by atoms with Gasteiger partial charge in [0.2, 0.25) is 0 Å². The first kappa shape index (κ1) is 18.0. The Morgan fingerprint density at radius 3 is 2.64 bits per heavy atom. The minimum atomic E-state index is -3.01. The third-order valence-electron chi connectivity index (χ3n) is 4.03. The van der Waals surface area contributed by atoms with Gasteiger partial charge in [-0.05, 0) is 49.3 Å². The van der Waals surface area contributed by atoms with Crippen LogP contribution in [0.5, 0.6) is 0 Å². The maximum absolute atomic E-state index is 11.9. The van der Waals surface area contributed by atoms with Crippen molar-refractivity contribution in [2.24, 2.45) is 0 Å². The van der Waals surface area contributed by atoms with Crippen molar-refractivity contribution in [1.82, 2.24) is 0 Å². The molecule has 0 bridgehead atoms. The van der Waals surface area contributed by atoms with Gasteiger partial charge in [-0.3, -0.25) is 0 Å². The molecule has 2 rings (SSSR count). The fourth-order valence-electron chi connectivity index (χ4n) is 2.74. The Morgan fingerprint density at radius 1 is 1.05 bits per heavy atom. The molecule has 0 aliphatic carbocycles. The second kappa shape index (κ2) is 9.04. The van der Waals surface area contributed by atoms with Gasteiger partial charge in [-0.1, -0.05) is 40.9 Å². The zero-order valence-electron chi connectivity index (χ0n) is 13.0. The van der Waals surface area contributed by atoms with Crippen LogP contribution in [-0.2, 0) is 27.4 Å². The maximum Gasteiger partial charge on any atom is 0.178 e. The highest BCUT2D eigenvalue weighted by molar-refractivity contribution is 9.09. The lowest BCUT2D eigenvalue weighted by Gasteiger charge is -2.06. The van der Waals surface area contributed by atoms with Gasteiger partial charge in [-0.25, -0.2) is 8.42 Å². The Hall–Kier alpha value is -0.390. The summed E-state index contributed by atoms with van der Waals surface area (Å²) < 4.78 is 29.4. The van der Waals surface area contributed by atoms with Crippen LogP contribution in [0.4, 0.5) is 0 Å². The lowest BCUT2D eigenvalue weighted by molar-refractivity contribution is 0.128. The molecule has 0 N–H and O–H groups in total. The third-order valence-corrected chi connectivity index (χ3v) is 6.39. The summed E-state index contributed by atoms with van der Waals surface area (Å²) in [5.74, 6) is 0.268. The number of halogens is 1. The first-order valence-electron chi connectivity index (χ1n) is 8.12. The van der Waals surface area contributed by atoms with Crippen LogP contribution in [0.15, 0.2) is 23.1 Å². The Morgan fingerprint density at radius 2 is 1.82 bits per heavy atom. The maximum atomic E-state index is 11.9. The Balaban J connectivity index is 1.64. The van der Waals surface area contributed by atoms with Gasteiger partial charge in [-0.2, -0.15) is 0 Å². The second-order valence-electron chi connectivity index (χ2n) is 5.83. The van der Waals surface area contributed by atoms with Gasteiger partial charge in [0.05, 0.1) is 10.6 Å². The van der Waals surface area contributed by atoms with Crippen molar-refractivity contribution >= 4 is 25.8 Å². The summed E-state index contributed by atoms with van der Waals surface area (Å²) in [7, 11) is -3.01. The van der Waals surface area contributed by atoms with Gasteiger partial charge in [0.1, 0.15) is 0 Å². The molecule has 0 aromatic heterocycles. The Labute approximate surface area is 142 Å². The SMILES string of the molecule is O=S1(=O)CCc2ccc(CCCOCCCCCCBr)cc21. The number of aryl methyl sites for hydroxylation is 2. The molecule has 1 aliphatic heterocycles. The van der Waals surface area contributed by atoms with Gasteiger partial charge in [0.25, 0.3) is 0 Å². The van der Waals surface area contributed by atoms with Crippen LogP contribution in [-0.4, -0.2) is 32.7 Å². The van der Waals surface area contributed by atoms with Crippen molar-refractivity contribution in [3.05, 3.63) is 29.3 Å². The summed E-state index contributed by atoms with van der Waals surface area (Å²) in [6.45, 7) is 1.59. The van der Waals surface area contributed by atoms with Crippen LogP contribution >= 0.6 is 15.9 Å². The molecule has 1 aromatic rings. The van der Waals surface area contributed by atoms with E-state index >= 15 is 0 Å². The average Bonchev–Trinajstić information content (AvgIpc) is 2.81. The van der Waals surface area contributed by atoms with E-state index in [4.69, 9.17) is 4.74 Å². The quantitative estimate of drug-likeness (QED) is 0.450. The van der Waals surface area contributed by atoms with Crippen LogP contribution in [0.2, 0.25) is 0 Å². The molecule has 124 valence electrons. The van der Waals surface area contributed by atoms with E-state index in [0.717, 1.165) is 48.9 Å². The predicted octanol–water partition coefficient (Wildman–Crippen LogP) is 3.92. The van der Waals surface area contributed by atoms with E-state index in [1.165, 1.54) is 19.3 Å². The van der Waals surface area contributed by atoms with E-state index in [1.54, 1.807) is 0 Å². The number of sulfone groups is 1. The molecule has 0 unspecified atom stereocenters. The number of hydrogen-bond acceptors (Lipinski definition) is 3. The highest BCUT2D eigenvalue weighted by Crippen LogP contribution is 2.27. The summed E-state index contributed by atoms with van der Waals surface area (Å²) in [6, 6.07) is 5.89. The van der Waals surface area contributed by atoms with E-state index in [1.807, 2.05) is 12.1 Å². The van der Waals surface area contributed by atoms with Crippen molar-refractivity contribution in [1.29, 1.82) is 0 Å². The first-order chi connectivity index (χ1) is 10.6. The normalized spacial score (nSPS) is 15.9. The number of alkyl halides is 1. The minimum absolute atomic E-state index is 0.268. The molecule has 1 aromatic carbocycles. The van der Waals surface area contributed by atoms with E-state index in [9.17, 15) is 8.42 Å². The van der Waals surface area contributed by atoms with Crippen LogP contribution in [0, 0.1) is 0 Å². The molecule has 0 spiro atoms. The smallest absolute Gasteiger partial charge is 0.178 e. The number of benzene rings is 1. The number of ether oxygens (including phenoxy) is 1. The molecule has 0 atom stereocenters. The Bertz CT molecular complexity index is 569. The summed E-state index contributed by atoms with van der Waals surface area (Å²) in [5.41, 5.74) is 2.08. The second-order valence-corrected chi connectivity index (χ2v) is 8.70. The van der Waals surface area contributed by atoms with Gasteiger partial charge < -0.3 is 4.74 Å².